The van der Waals surface area contributed by atoms with Gasteiger partial charge in [0.15, 0.2) is 0 Å². The molecule has 0 bridgehead atoms. The van der Waals surface area contributed by atoms with Gasteiger partial charge in [-0.2, -0.15) is 0 Å². The van der Waals surface area contributed by atoms with Crippen molar-refractivity contribution in [2.45, 2.75) is 0 Å². The summed E-state index contributed by atoms with van der Waals surface area (Å²) in [7, 11) is 0. The quantitative estimate of drug-likeness (QED) is 0.321. The Balaban J connectivity index is 0.000000518. The maximum atomic E-state index is 10.4. The average Bonchev–Trinajstić information content (AvgIpc) is 2.84. The van der Waals surface area contributed by atoms with Gasteiger partial charge in [0.25, 0.3) is 0 Å². The van der Waals surface area contributed by atoms with Crippen molar-refractivity contribution >= 4 is 35.8 Å². The molecule has 0 saturated carbocycles. The fraction of sp³-hybridized carbons (Fsp3) is 0. The van der Waals surface area contributed by atoms with E-state index in [1.54, 1.807) is 0 Å². The number of carbonyl (C=O) groups excluding carboxylic acids is 3. The molecule has 3 aromatic rings. The molecule has 0 saturated heterocycles. The van der Waals surface area contributed by atoms with Crippen LogP contribution in [0.5, 0.6) is 0 Å². The van der Waals surface area contributed by atoms with Gasteiger partial charge in [0, 0.05) is 16.7 Å². The Morgan fingerprint density at radius 3 is 0.676 bits per heavy atom. The number of benzene rings is 3. The minimum absolute atomic E-state index is 0. The summed E-state index contributed by atoms with van der Waals surface area (Å²) in [6.07, 6.45) is 0. The Morgan fingerprint density at radius 2 is 0.568 bits per heavy atom. The molecule has 0 amide bonds. The van der Waals surface area contributed by atoms with Crippen molar-refractivity contribution in [2.24, 2.45) is 0 Å². The normalized spacial score (nSPS) is 9.08. The molecule has 0 aromatic heterocycles. The minimum Gasteiger partial charge on any atom is -0.545 e. The number of carboxylic acids is 6. The molecule has 0 atom stereocenters. The predicted molar refractivity (Wildman–Crippen MR) is 113 cm³/mol. The molecular formula is C24H15FeO12. The zero-order chi connectivity index (χ0) is 27.4. The fourth-order valence-corrected chi connectivity index (χ4v) is 2.54. The maximum Gasteiger partial charge on any atom is 3.00 e. The third kappa shape index (κ3) is 9.64. The van der Waals surface area contributed by atoms with Crippen molar-refractivity contribution in [3.63, 3.8) is 0 Å². The van der Waals surface area contributed by atoms with Gasteiger partial charge in [0.1, 0.15) is 0 Å². The van der Waals surface area contributed by atoms with Crippen molar-refractivity contribution < 1.29 is 76.5 Å². The average molecular weight is 551 g/mol. The molecule has 0 aliphatic rings. The minimum atomic E-state index is -1.48. The van der Waals surface area contributed by atoms with E-state index in [0.29, 0.717) is 0 Å². The maximum absolute atomic E-state index is 10.4. The monoisotopic (exact) mass is 551 g/mol. The molecule has 191 valence electrons. The van der Waals surface area contributed by atoms with E-state index in [2.05, 4.69) is 0 Å². The molecule has 37 heavy (non-hydrogen) atoms. The van der Waals surface area contributed by atoms with Gasteiger partial charge >= 0.3 is 35.0 Å². The van der Waals surface area contributed by atoms with Crippen LogP contribution >= 0.6 is 0 Å². The van der Waals surface area contributed by atoms with Crippen molar-refractivity contribution in [3.8, 4) is 0 Å². The number of aromatic carboxylic acids is 6. The van der Waals surface area contributed by atoms with Crippen LogP contribution < -0.4 is 15.3 Å². The Kier molecular flexibility index (Phi) is 13.0. The van der Waals surface area contributed by atoms with Crippen LogP contribution in [0.1, 0.15) is 62.1 Å². The third-order valence-electron chi connectivity index (χ3n) is 4.13. The van der Waals surface area contributed by atoms with Crippen molar-refractivity contribution in [1.82, 2.24) is 0 Å². The Bertz CT molecular complexity index is 1060. The van der Waals surface area contributed by atoms with Crippen molar-refractivity contribution in [1.29, 1.82) is 0 Å². The van der Waals surface area contributed by atoms with Crippen LogP contribution in [0.25, 0.3) is 0 Å². The second-order valence-corrected chi connectivity index (χ2v) is 6.41. The molecule has 0 spiro atoms. The zero-order valence-corrected chi connectivity index (χ0v) is 19.4. The first-order chi connectivity index (χ1) is 16.9. The van der Waals surface area contributed by atoms with Crippen LogP contribution in [0.15, 0.2) is 72.8 Å². The van der Waals surface area contributed by atoms with E-state index in [4.69, 9.17) is 15.3 Å². The number of carboxylic acid groups (broad SMARTS) is 6. The first-order valence-electron chi connectivity index (χ1n) is 9.49. The molecule has 1 radical (unpaired) electrons. The van der Waals surface area contributed by atoms with Gasteiger partial charge in [-0.15, -0.1) is 0 Å². The molecule has 3 aromatic carbocycles. The molecule has 0 unspecified atom stereocenters. The van der Waals surface area contributed by atoms with E-state index < -0.39 is 35.8 Å². The molecule has 0 heterocycles. The second kappa shape index (κ2) is 15.1. The van der Waals surface area contributed by atoms with E-state index in [1.807, 2.05) is 0 Å². The molecule has 0 fully saturated rings. The number of hydrogen-bond donors (Lipinski definition) is 3. The summed E-state index contributed by atoms with van der Waals surface area (Å²) >= 11 is 0. The summed E-state index contributed by atoms with van der Waals surface area (Å²) < 4.78 is 0. The smallest absolute Gasteiger partial charge is 0.545 e. The van der Waals surface area contributed by atoms with Gasteiger partial charge in [-0.25, -0.2) is 14.4 Å². The molecule has 0 aliphatic carbocycles. The second-order valence-electron chi connectivity index (χ2n) is 6.41. The van der Waals surface area contributed by atoms with Gasteiger partial charge < -0.3 is 45.0 Å². The summed E-state index contributed by atoms with van der Waals surface area (Å²) in [5.74, 6) is -8.24. The van der Waals surface area contributed by atoms with Crippen LogP contribution in [0.3, 0.4) is 0 Å². The van der Waals surface area contributed by atoms with Gasteiger partial charge in [0.05, 0.1) is 34.6 Å². The first kappa shape index (κ1) is 32.0. The molecule has 3 N–H and O–H groups in total. The van der Waals surface area contributed by atoms with Gasteiger partial charge in [-0.1, -0.05) is 54.6 Å². The summed E-state index contributed by atoms with van der Waals surface area (Å²) in [4.78, 5) is 62.4. The standard InChI is InChI=1S/3C8H6O4.Fe/c3*9-7(10)5-3-1-2-4-6(5)8(11)12;/h3*1-4H,(H,9,10)(H,11,12);/q;;;+3/p-3. The van der Waals surface area contributed by atoms with Gasteiger partial charge in [-0.3, -0.25) is 0 Å². The van der Waals surface area contributed by atoms with E-state index in [0.717, 1.165) is 0 Å². The third-order valence-corrected chi connectivity index (χ3v) is 4.13. The molecule has 13 heteroatoms. The molecule has 3 rings (SSSR count). The summed E-state index contributed by atoms with van der Waals surface area (Å²) in [5, 5.41) is 56.6. The molecular weight excluding hydrogens is 536 g/mol. The molecule has 12 nitrogen and oxygen atoms in total. The van der Waals surface area contributed by atoms with Crippen molar-refractivity contribution in [3.05, 3.63) is 106 Å². The first-order valence-corrected chi connectivity index (χ1v) is 9.49. The van der Waals surface area contributed by atoms with Crippen LogP contribution in [0, 0.1) is 0 Å². The van der Waals surface area contributed by atoms with Crippen LogP contribution in [0.2, 0.25) is 0 Å². The van der Waals surface area contributed by atoms with Gasteiger partial charge in [-0.05, 0) is 18.2 Å². The Morgan fingerprint density at radius 1 is 0.405 bits per heavy atom. The van der Waals surface area contributed by atoms with E-state index >= 15 is 0 Å². The summed E-state index contributed by atoms with van der Waals surface area (Å²) in [5.41, 5.74) is -1.66. The number of carbonyl (C=O) groups is 6. The largest absolute Gasteiger partial charge is 3.00 e. The van der Waals surface area contributed by atoms with Crippen LogP contribution in [0.4, 0.5) is 0 Å². The van der Waals surface area contributed by atoms with E-state index in [9.17, 15) is 44.1 Å². The van der Waals surface area contributed by atoms with Crippen LogP contribution in [-0.4, -0.2) is 51.1 Å². The zero-order valence-electron chi connectivity index (χ0n) is 18.3. The molecule has 0 aliphatic heterocycles. The number of rotatable bonds is 6. The topological polar surface area (TPSA) is 232 Å². The Labute approximate surface area is 218 Å². The van der Waals surface area contributed by atoms with E-state index in [1.165, 1.54) is 72.8 Å². The van der Waals surface area contributed by atoms with Crippen LogP contribution in [-0.2, 0) is 17.1 Å². The fourth-order valence-electron chi connectivity index (χ4n) is 2.54. The van der Waals surface area contributed by atoms with E-state index in [-0.39, 0.29) is 50.4 Å². The SMILES string of the molecule is O=C([O-])c1ccccc1C(=O)O.O=C([O-])c1ccccc1C(=O)O.O=C([O-])c1ccccc1C(=O)O.[Fe+3]. The Hall–Kier alpha value is -5.00. The number of hydrogen-bond acceptors (Lipinski definition) is 9. The predicted octanol–water partition coefficient (Wildman–Crippen LogP) is -0.758. The van der Waals surface area contributed by atoms with Gasteiger partial charge in [0.2, 0.25) is 0 Å². The van der Waals surface area contributed by atoms with Crippen molar-refractivity contribution in [2.75, 3.05) is 0 Å². The summed E-state index contributed by atoms with van der Waals surface area (Å²) in [6.45, 7) is 0. The summed E-state index contributed by atoms with van der Waals surface area (Å²) in [6, 6.07) is 15.9.